The standard InChI is InChI=1S/C37H51N5O3/c1-8-10-19-38-35(43)28-13-11-27(12-14-28)29-21-32(36(44)39-23-33-24(3)20-25(4)40-37(33)45)26(5)34(22-29)42(9-2)31-17-15-30(16-18-31)41(6)7/h11-14,20-22,30-31H,8-10,15-19,23H2,1-7H3,(H,38,43)(H,39,44)(H,40,45)/t30-,31-. The van der Waals surface area contributed by atoms with Crippen molar-refractivity contribution in [3.63, 3.8) is 0 Å². The Hall–Kier alpha value is -3.91. The third-order valence-corrected chi connectivity index (χ3v) is 9.33. The van der Waals surface area contributed by atoms with Gasteiger partial charge >= 0.3 is 0 Å². The van der Waals surface area contributed by atoms with Crippen LogP contribution in [0.3, 0.4) is 0 Å². The van der Waals surface area contributed by atoms with Crippen LogP contribution in [0.2, 0.25) is 0 Å². The van der Waals surface area contributed by atoms with Crippen molar-refractivity contribution in [3.05, 3.63) is 86.3 Å². The zero-order chi connectivity index (χ0) is 32.7. The molecule has 0 saturated heterocycles. The van der Waals surface area contributed by atoms with Gasteiger partial charge in [0.1, 0.15) is 0 Å². The molecule has 3 N–H and O–H groups in total. The highest BCUT2D eigenvalue weighted by molar-refractivity contribution is 5.99. The maximum atomic E-state index is 13.8. The summed E-state index contributed by atoms with van der Waals surface area (Å²) in [6, 6.07) is 14.7. The number of unbranched alkanes of at least 4 members (excludes halogenated alkanes) is 1. The molecule has 1 fully saturated rings. The molecule has 242 valence electrons. The van der Waals surface area contributed by atoms with E-state index in [0.29, 0.717) is 35.3 Å². The molecule has 1 heterocycles. The molecule has 1 saturated carbocycles. The van der Waals surface area contributed by atoms with Crippen LogP contribution in [0.25, 0.3) is 11.1 Å². The van der Waals surface area contributed by atoms with Gasteiger partial charge < -0.3 is 25.4 Å². The van der Waals surface area contributed by atoms with E-state index in [4.69, 9.17) is 0 Å². The number of rotatable bonds is 12. The first-order valence-corrected chi connectivity index (χ1v) is 16.5. The van der Waals surface area contributed by atoms with Crippen molar-refractivity contribution in [3.8, 4) is 11.1 Å². The van der Waals surface area contributed by atoms with Crippen LogP contribution in [0.1, 0.15) is 95.5 Å². The fraction of sp³-hybridized carbons (Fsp3) is 0.486. The number of pyridine rings is 1. The highest BCUT2D eigenvalue weighted by atomic mass is 16.2. The minimum absolute atomic E-state index is 0.0773. The summed E-state index contributed by atoms with van der Waals surface area (Å²) < 4.78 is 0. The van der Waals surface area contributed by atoms with E-state index < -0.39 is 0 Å². The van der Waals surface area contributed by atoms with Crippen molar-refractivity contribution in [2.45, 2.75) is 91.8 Å². The molecule has 8 heteroatoms. The molecule has 0 spiro atoms. The third kappa shape index (κ3) is 8.23. The first-order chi connectivity index (χ1) is 21.5. The summed E-state index contributed by atoms with van der Waals surface area (Å²) in [4.78, 5) is 46.8. The van der Waals surface area contributed by atoms with Crippen LogP contribution < -0.4 is 21.1 Å². The van der Waals surface area contributed by atoms with Gasteiger partial charge in [-0.3, -0.25) is 14.4 Å². The molecule has 8 nitrogen and oxygen atoms in total. The predicted molar refractivity (Wildman–Crippen MR) is 184 cm³/mol. The molecule has 2 amide bonds. The molecule has 3 aromatic rings. The van der Waals surface area contributed by atoms with Gasteiger partial charge in [-0.1, -0.05) is 25.5 Å². The number of nitrogens with zero attached hydrogens (tertiary/aromatic N) is 2. The van der Waals surface area contributed by atoms with Gasteiger partial charge in [0.05, 0.1) is 0 Å². The van der Waals surface area contributed by atoms with Gasteiger partial charge in [-0.15, -0.1) is 0 Å². The van der Waals surface area contributed by atoms with E-state index in [1.54, 1.807) is 0 Å². The lowest BCUT2D eigenvalue weighted by Crippen LogP contribution is -2.42. The van der Waals surface area contributed by atoms with E-state index in [9.17, 15) is 14.4 Å². The van der Waals surface area contributed by atoms with E-state index in [1.165, 1.54) is 0 Å². The average molecular weight is 614 g/mol. The number of aryl methyl sites for hydroxylation is 2. The molecular formula is C37H51N5O3. The molecule has 0 unspecified atom stereocenters. The topological polar surface area (TPSA) is 97.5 Å². The number of aromatic nitrogens is 1. The minimum Gasteiger partial charge on any atom is -0.369 e. The number of carbonyl (C=O) groups is 2. The predicted octanol–water partition coefficient (Wildman–Crippen LogP) is 6.13. The van der Waals surface area contributed by atoms with Crippen molar-refractivity contribution in [2.75, 3.05) is 32.1 Å². The van der Waals surface area contributed by atoms with Crippen molar-refractivity contribution in [1.82, 2.24) is 20.5 Å². The largest absolute Gasteiger partial charge is 0.369 e. The number of nitrogens with one attached hydrogen (secondary N) is 3. The van der Waals surface area contributed by atoms with Gasteiger partial charge in [0.25, 0.3) is 17.4 Å². The third-order valence-electron chi connectivity index (χ3n) is 9.33. The van der Waals surface area contributed by atoms with E-state index in [1.807, 2.05) is 57.2 Å². The number of carbonyl (C=O) groups excluding carboxylic acids is 2. The Bertz CT molecular complexity index is 1530. The molecule has 0 atom stereocenters. The van der Waals surface area contributed by atoms with E-state index >= 15 is 0 Å². The number of anilines is 1. The summed E-state index contributed by atoms with van der Waals surface area (Å²) in [5, 5.41) is 6.01. The SMILES string of the molecule is CCCCNC(=O)c1ccc(-c2cc(C(=O)NCc3c(C)cc(C)[nH]c3=O)c(C)c(N(CC)[C@H]3CC[C@H](N(C)C)CC3)c2)cc1. The molecule has 0 bridgehead atoms. The van der Waals surface area contributed by atoms with Gasteiger partial charge in [-0.25, -0.2) is 0 Å². The number of H-pyrrole nitrogens is 1. The Morgan fingerprint density at radius 1 is 0.867 bits per heavy atom. The van der Waals surface area contributed by atoms with Crippen LogP contribution in [0.5, 0.6) is 0 Å². The summed E-state index contributed by atoms with van der Waals surface area (Å²) >= 11 is 0. The normalized spacial score (nSPS) is 16.4. The maximum absolute atomic E-state index is 13.8. The second kappa shape index (κ2) is 15.4. The Balaban J connectivity index is 1.69. The zero-order valence-corrected chi connectivity index (χ0v) is 28.2. The number of benzene rings is 2. The molecule has 1 aromatic heterocycles. The van der Waals surface area contributed by atoms with Gasteiger partial charge in [0, 0.05) is 59.8 Å². The van der Waals surface area contributed by atoms with E-state index in [-0.39, 0.29) is 23.9 Å². The summed E-state index contributed by atoms with van der Waals surface area (Å²) in [5.41, 5.74) is 7.08. The first kappa shape index (κ1) is 34.0. The molecule has 1 aliphatic rings. The minimum atomic E-state index is -0.214. The molecular weight excluding hydrogens is 562 g/mol. The van der Waals surface area contributed by atoms with Gasteiger partial charge in [-0.2, -0.15) is 0 Å². The van der Waals surface area contributed by atoms with Crippen LogP contribution in [0.15, 0.2) is 47.3 Å². The van der Waals surface area contributed by atoms with Crippen molar-refractivity contribution in [2.24, 2.45) is 0 Å². The molecule has 2 aromatic carbocycles. The number of aromatic amines is 1. The quantitative estimate of drug-likeness (QED) is 0.214. The van der Waals surface area contributed by atoms with Crippen LogP contribution in [-0.4, -0.2) is 61.0 Å². The zero-order valence-electron chi connectivity index (χ0n) is 28.2. The van der Waals surface area contributed by atoms with E-state index in [0.717, 1.165) is 78.7 Å². The van der Waals surface area contributed by atoms with Gasteiger partial charge in [-0.05, 0) is 126 Å². The highest BCUT2D eigenvalue weighted by Gasteiger charge is 2.28. The summed E-state index contributed by atoms with van der Waals surface area (Å²) in [7, 11) is 4.32. The number of hydrogen-bond donors (Lipinski definition) is 3. The fourth-order valence-electron chi connectivity index (χ4n) is 6.57. The summed E-state index contributed by atoms with van der Waals surface area (Å²) in [5.74, 6) is -0.291. The number of hydrogen-bond acceptors (Lipinski definition) is 5. The van der Waals surface area contributed by atoms with Crippen LogP contribution in [-0.2, 0) is 6.54 Å². The second-order valence-corrected chi connectivity index (χ2v) is 12.7. The Labute approximate surface area is 268 Å². The van der Waals surface area contributed by atoms with Crippen LogP contribution in [0, 0.1) is 20.8 Å². The van der Waals surface area contributed by atoms with Crippen molar-refractivity contribution in [1.29, 1.82) is 0 Å². The molecule has 4 rings (SSSR count). The fourth-order valence-corrected chi connectivity index (χ4v) is 6.57. The lowest BCUT2D eigenvalue weighted by atomic mass is 9.88. The average Bonchev–Trinajstić information content (AvgIpc) is 3.02. The lowest BCUT2D eigenvalue weighted by Gasteiger charge is -2.40. The Morgan fingerprint density at radius 2 is 1.53 bits per heavy atom. The van der Waals surface area contributed by atoms with Gasteiger partial charge in [0.15, 0.2) is 0 Å². The first-order valence-electron chi connectivity index (χ1n) is 16.5. The molecule has 1 aliphatic carbocycles. The highest BCUT2D eigenvalue weighted by Crippen LogP contribution is 2.35. The van der Waals surface area contributed by atoms with Gasteiger partial charge in [0.2, 0.25) is 0 Å². The monoisotopic (exact) mass is 613 g/mol. The Kier molecular flexibility index (Phi) is 11.6. The van der Waals surface area contributed by atoms with Crippen LogP contribution in [0.4, 0.5) is 5.69 Å². The van der Waals surface area contributed by atoms with E-state index in [2.05, 4.69) is 59.4 Å². The number of amides is 2. The molecule has 0 radical (unpaired) electrons. The Morgan fingerprint density at radius 3 is 2.13 bits per heavy atom. The second-order valence-electron chi connectivity index (χ2n) is 12.7. The van der Waals surface area contributed by atoms with Crippen LogP contribution >= 0.6 is 0 Å². The smallest absolute Gasteiger partial charge is 0.253 e. The van der Waals surface area contributed by atoms with Crippen molar-refractivity contribution >= 4 is 17.5 Å². The summed E-state index contributed by atoms with van der Waals surface area (Å²) in [6.07, 6.45) is 6.46. The maximum Gasteiger partial charge on any atom is 0.253 e. The molecule has 45 heavy (non-hydrogen) atoms. The summed E-state index contributed by atoms with van der Waals surface area (Å²) in [6.45, 7) is 11.7. The molecule has 0 aliphatic heterocycles. The lowest BCUT2D eigenvalue weighted by molar-refractivity contribution is 0.0943. The van der Waals surface area contributed by atoms with Crippen molar-refractivity contribution < 1.29 is 9.59 Å².